The first-order chi connectivity index (χ1) is 12.2. The number of aromatic carboxylic acids is 1. The molecule has 2 heterocycles. The van der Waals surface area contributed by atoms with Crippen LogP contribution >= 0.6 is 0 Å². The molecule has 0 spiro atoms. The summed E-state index contributed by atoms with van der Waals surface area (Å²) < 4.78 is 47.4. The number of rotatable bonds is 5. The van der Waals surface area contributed by atoms with Crippen LogP contribution in [0.3, 0.4) is 0 Å². The quantitative estimate of drug-likeness (QED) is 0.746. The van der Waals surface area contributed by atoms with Crippen molar-refractivity contribution in [3.63, 3.8) is 0 Å². The normalized spacial score (nSPS) is 12.2. The zero-order chi connectivity index (χ0) is 19.1. The molecule has 0 amide bonds. The zero-order valence-electron chi connectivity index (χ0n) is 14.0. The molecule has 3 aromatic rings. The molecule has 0 saturated carbocycles. The molecule has 0 saturated heterocycles. The molecular formula is C17H16F3N3O3. The minimum absolute atomic E-state index is 0.00580. The summed E-state index contributed by atoms with van der Waals surface area (Å²) in [6.45, 7) is 0.343. The van der Waals surface area contributed by atoms with E-state index in [1.54, 1.807) is 37.2 Å². The Bertz CT molecular complexity index is 957. The van der Waals surface area contributed by atoms with E-state index in [4.69, 9.17) is 4.42 Å². The van der Waals surface area contributed by atoms with Crippen LogP contribution in [-0.4, -0.2) is 46.4 Å². The highest BCUT2D eigenvalue weighted by Crippen LogP contribution is 2.41. The first-order valence-electron chi connectivity index (χ1n) is 7.72. The lowest BCUT2D eigenvalue weighted by Crippen LogP contribution is -2.22. The molecule has 0 atom stereocenters. The lowest BCUT2D eigenvalue weighted by Gasteiger charge is -2.11. The number of halogens is 3. The SMILES string of the molecule is CN(C)CCn1nc(-c2cccc3ccoc23)c(C(F)(F)F)c1C(=O)O. The fraction of sp³-hybridized carbons (Fsp3) is 0.294. The Morgan fingerprint density at radius 3 is 2.65 bits per heavy atom. The van der Waals surface area contributed by atoms with Crippen LogP contribution in [0.25, 0.3) is 22.2 Å². The fourth-order valence-electron chi connectivity index (χ4n) is 2.77. The van der Waals surface area contributed by atoms with Crippen molar-refractivity contribution < 1.29 is 27.5 Å². The predicted octanol–water partition coefficient (Wildman–Crippen LogP) is 3.57. The van der Waals surface area contributed by atoms with Gasteiger partial charge in [0.2, 0.25) is 0 Å². The smallest absolute Gasteiger partial charge is 0.420 e. The van der Waals surface area contributed by atoms with E-state index < -0.39 is 29.1 Å². The first kappa shape index (κ1) is 18.0. The Morgan fingerprint density at radius 2 is 2.04 bits per heavy atom. The first-order valence-corrected chi connectivity index (χ1v) is 7.72. The highest BCUT2D eigenvalue weighted by molar-refractivity contribution is 5.96. The zero-order valence-corrected chi connectivity index (χ0v) is 14.0. The summed E-state index contributed by atoms with van der Waals surface area (Å²) in [4.78, 5) is 13.3. The molecule has 0 aliphatic rings. The molecule has 0 unspecified atom stereocenters. The molecule has 9 heteroatoms. The standard InChI is InChI=1S/C17H16F3N3O3/c1-22(2)7-8-23-14(16(24)25)12(17(18,19)20)13(21-23)11-5-3-4-10-6-9-26-15(10)11/h3-6,9H,7-8H2,1-2H3,(H,24,25). The lowest BCUT2D eigenvalue weighted by atomic mass is 10.0. The summed E-state index contributed by atoms with van der Waals surface area (Å²) in [6, 6.07) is 6.32. The molecule has 26 heavy (non-hydrogen) atoms. The Hall–Kier alpha value is -2.81. The monoisotopic (exact) mass is 367 g/mol. The van der Waals surface area contributed by atoms with Crippen LogP contribution in [0.15, 0.2) is 34.9 Å². The summed E-state index contributed by atoms with van der Waals surface area (Å²) in [5.74, 6) is -1.68. The van der Waals surface area contributed by atoms with E-state index in [9.17, 15) is 23.1 Å². The molecule has 0 radical (unpaired) electrons. The van der Waals surface area contributed by atoms with E-state index in [1.807, 2.05) is 0 Å². The maximum atomic E-state index is 13.7. The van der Waals surface area contributed by atoms with Crippen molar-refractivity contribution in [3.8, 4) is 11.3 Å². The van der Waals surface area contributed by atoms with Crippen molar-refractivity contribution in [2.24, 2.45) is 0 Å². The van der Waals surface area contributed by atoms with Crippen molar-refractivity contribution in [1.82, 2.24) is 14.7 Å². The van der Waals surface area contributed by atoms with E-state index >= 15 is 0 Å². The number of carboxylic acids is 1. The minimum Gasteiger partial charge on any atom is -0.477 e. The number of alkyl halides is 3. The van der Waals surface area contributed by atoms with Crippen molar-refractivity contribution in [1.29, 1.82) is 0 Å². The number of hydrogen-bond acceptors (Lipinski definition) is 4. The van der Waals surface area contributed by atoms with Crippen molar-refractivity contribution >= 4 is 16.9 Å². The molecule has 1 N–H and O–H groups in total. The molecule has 0 bridgehead atoms. The average Bonchev–Trinajstić information content (AvgIpc) is 3.16. The van der Waals surface area contributed by atoms with Gasteiger partial charge in [0.1, 0.15) is 16.8 Å². The summed E-state index contributed by atoms with van der Waals surface area (Å²) in [5, 5.41) is 14.0. The van der Waals surface area contributed by atoms with Crippen molar-refractivity contribution in [3.05, 3.63) is 41.8 Å². The number of hydrogen-bond donors (Lipinski definition) is 1. The summed E-state index contributed by atoms with van der Waals surface area (Å²) in [7, 11) is 3.47. The van der Waals surface area contributed by atoms with Crippen LogP contribution in [-0.2, 0) is 12.7 Å². The van der Waals surface area contributed by atoms with Crippen molar-refractivity contribution in [2.75, 3.05) is 20.6 Å². The van der Waals surface area contributed by atoms with Crippen LogP contribution in [0, 0.1) is 0 Å². The number of carbonyl (C=O) groups is 1. The van der Waals surface area contributed by atoms with Crippen LogP contribution in [0.1, 0.15) is 16.1 Å². The number of benzene rings is 1. The number of nitrogens with zero attached hydrogens (tertiary/aromatic N) is 3. The minimum atomic E-state index is -4.88. The van der Waals surface area contributed by atoms with Crippen LogP contribution in [0.4, 0.5) is 13.2 Å². The fourth-order valence-corrected chi connectivity index (χ4v) is 2.77. The van der Waals surface area contributed by atoms with Gasteiger partial charge in [0.15, 0.2) is 5.69 Å². The van der Waals surface area contributed by atoms with E-state index in [0.29, 0.717) is 11.9 Å². The number of para-hydroxylation sites is 1. The van der Waals surface area contributed by atoms with Crippen molar-refractivity contribution in [2.45, 2.75) is 12.7 Å². The predicted molar refractivity (Wildman–Crippen MR) is 88.0 cm³/mol. The van der Waals surface area contributed by atoms with Gasteiger partial charge in [-0.2, -0.15) is 18.3 Å². The van der Waals surface area contributed by atoms with E-state index in [-0.39, 0.29) is 17.7 Å². The van der Waals surface area contributed by atoms with Gasteiger partial charge in [-0.05, 0) is 26.2 Å². The Kier molecular flexibility index (Phi) is 4.49. The lowest BCUT2D eigenvalue weighted by molar-refractivity contribution is -0.137. The van der Waals surface area contributed by atoms with E-state index in [0.717, 1.165) is 4.68 Å². The highest BCUT2D eigenvalue weighted by atomic mass is 19.4. The second-order valence-electron chi connectivity index (χ2n) is 6.05. The average molecular weight is 367 g/mol. The Balaban J connectivity index is 2.29. The largest absolute Gasteiger partial charge is 0.477 e. The number of fused-ring (bicyclic) bond motifs is 1. The second-order valence-corrected chi connectivity index (χ2v) is 6.05. The molecule has 1 aromatic carbocycles. The van der Waals surface area contributed by atoms with Gasteiger partial charge in [-0.3, -0.25) is 4.68 Å². The molecule has 2 aromatic heterocycles. The van der Waals surface area contributed by atoms with Crippen LogP contribution in [0.2, 0.25) is 0 Å². The Morgan fingerprint density at radius 1 is 1.31 bits per heavy atom. The molecule has 3 rings (SSSR count). The van der Waals surface area contributed by atoms with Gasteiger partial charge >= 0.3 is 12.1 Å². The summed E-state index contributed by atoms with van der Waals surface area (Å²) in [5.41, 5.74) is -2.27. The van der Waals surface area contributed by atoms with Gasteiger partial charge in [0.25, 0.3) is 0 Å². The van der Waals surface area contributed by atoms with E-state index in [1.165, 1.54) is 12.3 Å². The molecular weight excluding hydrogens is 351 g/mol. The number of likely N-dealkylation sites (N-methyl/N-ethyl adjacent to an activating group) is 1. The van der Waals surface area contributed by atoms with Gasteiger partial charge in [-0.1, -0.05) is 12.1 Å². The number of furan rings is 1. The van der Waals surface area contributed by atoms with Gasteiger partial charge in [0, 0.05) is 17.5 Å². The number of carboxylic acid groups (broad SMARTS) is 1. The number of aromatic nitrogens is 2. The van der Waals surface area contributed by atoms with Crippen LogP contribution in [0.5, 0.6) is 0 Å². The Labute approximate surface area is 146 Å². The summed E-state index contributed by atoms with van der Waals surface area (Å²) >= 11 is 0. The molecule has 0 aliphatic heterocycles. The third-order valence-corrected chi connectivity index (χ3v) is 3.93. The topological polar surface area (TPSA) is 71.5 Å². The molecule has 138 valence electrons. The summed E-state index contributed by atoms with van der Waals surface area (Å²) in [6.07, 6.45) is -3.52. The molecule has 0 aliphatic carbocycles. The third-order valence-electron chi connectivity index (χ3n) is 3.93. The maximum absolute atomic E-state index is 13.7. The molecule has 6 nitrogen and oxygen atoms in total. The van der Waals surface area contributed by atoms with Gasteiger partial charge < -0.3 is 14.4 Å². The molecule has 0 fully saturated rings. The van der Waals surface area contributed by atoms with Gasteiger partial charge in [-0.25, -0.2) is 4.79 Å². The maximum Gasteiger partial charge on any atom is 0.420 e. The highest BCUT2D eigenvalue weighted by Gasteiger charge is 2.43. The van der Waals surface area contributed by atoms with Gasteiger partial charge in [-0.15, -0.1) is 0 Å². The van der Waals surface area contributed by atoms with Crippen LogP contribution < -0.4 is 0 Å². The third kappa shape index (κ3) is 3.17. The second kappa shape index (κ2) is 6.49. The van der Waals surface area contributed by atoms with Gasteiger partial charge in [0.05, 0.1) is 12.8 Å². The van der Waals surface area contributed by atoms with E-state index in [2.05, 4.69) is 5.10 Å².